The summed E-state index contributed by atoms with van der Waals surface area (Å²) in [7, 11) is 0. The van der Waals surface area contributed by atoms with Crippen LogP contribution >= 0.6 is 0 Å². The van der Waals surface area contributed by atoms with Gasteiger partial charge >= 0.3 is 0 Å². The second kappa shape index (κ2) is 7.38. The minimum atomic E-state index is 0.396. The molecule has 1 heterocycles. The molecule has 2 atom stereocenters. The van der Waals surface area contributed by atoms with E-state index < -0.39 is 0 Å². The summed E-state index contributed by atoms with van der Waals surface area (Å²) in [5.74, 6) is 1.70. The van der Waals surface area contributed by atoms with Gasteiger partial charge < -0.3 is 4.74 Å². The fourth-order valence-corrected chi connectivity index (χ4v) is 2.18. The third-order valence-electron chi connectivity index (χ3n) is 3.71. The minimum Gasteiger partial charge on any atom is -0.381 e. The molecule has 0 amide bonds. The monoisotopic (exact) mass is 237 g/mol. The Morgan fingerprint density at radius 1 is 1.35 bits per heavy atom. The number of carbonyl (C=O) groups is 1. The maximum Gasteiger partial charge on any atom is 0.168 e. The average Bonchev–Trinajstić information content (AvgIpc) is 2.39. The number of hydrogen-bond acceptors (Lipinski definition) is 3. The Bertz CT molecular complexity index is 291. The quantitative estimate of drug-likeness (QED) is 0.419. The van der Waals surface area contributed by atoms with Gasteiger partial charge in [0.15, 0.2) is 6.29 Å². The number of carbonyl (C=O) groups excluding carboxylic acids is 1. The van der Waals surface area contributed by atoms with Crippen LogP contribution < -0.4 is 0 Å². The summed E-state index contributed by atoms with van der Waals surface area (Å²) in [6, 6.07) is 0. The van der Waals surface area contributed by atoms with Gasteiger partial charge in [-0.25, -0.2) is 0 Å². The van der Waals surface area contributed by atoms with Crippen molar-refractivity contribution in [1.82, 2.24) is 0 Å². The SMILES string of the molecule is C/C=C(/C=O)N=CC(C)C(C)C1CCOCC1. The zero-order valence-electron chi connectivity index (χ0n) is 11.1. The first-order chi connectivity index (χ1) is 8.19. The lowest BCUT2D eigenvalue weighted by molar-refractivity contribution is -0.104. The van der Waals surface area contributed by atoms with Crippen molar-refractivity contribution in [3.05, 3.63) is 11.8 Å². The number of aliphatic imine (C=N–C) groups is 1. The van der Waals surface area contributed by atoms with Crippen LogP contribution in [0.4, 0.5) is 0 Å². The predicted octanol–water partition coefficient (Wildman–Crippen LogP) is 2.86. The molecule has 1 rings (SSSR count). The molecule has 0 aromatic heterocycles. The first kappa shape index (κ1) is 14.1. The Morgan fingerprint density at radius 2 is 2.00 bits per heavy atom. The van der Waals surface area contributed by atoms with Crippen LogP contribution in [-0.4, -0.2) is 25.7 Å². The largest absolute Gasteiger partial charge is 0.381 e. The molecule has 2 unspecified atom stereocenters. The maximum absolute atomic E-state index is 10.6. The van der Waals surface area contributed by atoms with Crippen LogP contribution in [0.1, 0.15) is 33.6 Å². The van der Waals surface area contributed by atoms with E-state index in [2.05, 4.69) is 18.8 Å². The molecular weight excluding hydrogens is 214 g/mol. The summed E-state index contributed by atoms with van der Waals surface area (Å²) < 4.78 is 5.37. The second-order valence-electron chi connectivity index (χ2n) is 4.78. The molecule has 0 N–H and O–H groups in total. The highest BCUT2D eigenvalue weighted by molar-refractivity contribution is 5.77. The highest BCUT2D eigenvalue weighted by atomic mass is 16.5. The summed E-state index contributed by atoms with van der Waals surface area (Å²) in [4.78, 5) is 14.8. The molecule has 0 radical (unpaired) electrons. The van der Waals surface area contributed by atoms with E-state index >= 15 is 0 Å². The van der Waals surface area contributed by atoms with Crippen LogP contribution in [0.2, 0.25) is 0 Å². The Kier molecular flexibility index (Phi) is 6.12. The van der Waals surface area contributed by atoms with Gasteiger partial charge in [-0.15, -0.1) is 0 Å². The van der Waals surface area contributed by atoms with Gasteiger partial charge in [-0.05, 0) is 37.5 Å². The third kappa shape index (κ3) is 4.43. The van der Waals surface area contributed by atoms with Gasteiger partial charge in [0.1, 0.15) is 0 Å². The molecule has 3 nitrogen and oxygen atoms in total. The van der Waals surface area contributed by atoms with Crippen molar-refractivity contribution in [1.29, 1.82) is 0 Å². The van der Waals surface area contributed by atoms with E-state index in [-0.39, 0.29) is 0 Å². The number of rotatable bonds is 5. The van der Waals surface area contributed by atoms with Crippen LogP contribution in [-0.2, 0) is 9.53 Å². The molecule has 0 aromatic rings. The van der Waals surface area contributed by atoms with Crippen LogP contribution in [0.25, 0.3) is 0 Å². The summed E-state index contributed by atoms with van der Waals surface area (Å²) in [6.45, 7) is 8.03. The molecule has 0 spiro atoms. The number of hydrogen-bond donors (Lipinski definition) is 0. The van der Waals surface area contributed by atoms with Gasteiger partial charge in [0, 0.05) is 19.4 Å². The number of ether oxygens (including phenoxy) is 1. The van der Waals surface area contributed by atoms with Gasteiger partial charge in [0.05, 0.1) is 5.70 Å². The van der Waals surface area contributed by atoms with E-state index in [1.54, 1.807) is 6.08 Å². The summed E-state index contributed by atoms with van der Waals surface area (Å²) in [5, 5.41) is 0. The Balaban J connectivity index is 2.50. The first-order valence-corrected chi connectivity index (χ1v) is 6.42. The Hall–Kier alpha value is -0.960. The third-order valence-corrected chi connectivity index (χ3v) is 3.71. The van der Waals surface area contributed by atoms with Crippen molar-refractivity contribution in [3.8, 4) is 0 Å². The van der Waals surface area contributed by atoms with E-state index in [1.165, 1.54) is 0 Å². The maximum atomic E-state index is 10.6. The second-order valence-corrected chi connectivity index (χ2v) is 4.78. The van der Waals surface area contributed by atoms with E-state index in [4.69, 9.17) is 4.74 Å². The molecule has 0 saturated carbocycles. The zero-order valence-corrected chi connectivity index (χ0v) is 11.1. The summed E-state index contributed by atoms with van der Waals surface area (Å²) >= 11 is 0. The van der Waals surface area contributed by atoms with E-state index in [0.717, 1.165) is 38.3 Å². The molecule has 1 fully saturated rings. The van der Waals surface area contributed by atoms with Crippen molar-refractivity contribution >= 4 is 12.5 Å². The van der Waals surface area contributed by atoms with Gasteiger partial charge in [-0.2, -0.15) is 0 Å². The molecule has 1 saturated heterocycles. The van der Waals surface area contributed by atoms with Crippen LogP contribution in [0, 0.1) is 17.8 Å². The van der Waals surface area contributed by atoms with Gasteiger partial charge in [-0.1, -0.05) is 19.9 Å². The molecule has 96 valence electrons. The molecule has 1 aliphatic heterocycles. The van der Waals surface area contributed by atoms with Gasteiger partial charge in [0.2, 0.25) is 0 Å². The normalized spacial score (nSPS) is 22.6. The molecular formula is C14H23NO2. The van der Waals surface area contributed by atoms with Crippen molar-refractivity contribution in [2.24, 2.45) is 22.7 Å². The molecule has 1 aliphatic rings. The van der Waals surface area contributed by atoms with E-state index in [0.29, 0.717) is 17.5 Å². The van der Waals surface area contributed by atoms with Crippen LogP contribution in [0.5, 0.6) is 0 Å². The minimum absolute atomic E-state index is 0.396. The fourth-order valence-electron chi connectivity index (χ4n) is 2.18. The van der Waals surface area contributed by atoms with Crippen molar-refractivity contribution in [3.63, 3.8) is 0 Å². The van der Waals surface area contributed by atoms with E-state index in [1.807, 2.05) is 13.1 Å². The highest BCUT2D eigenvalue weighted by Gasteiger charge is 2.23. The number of nitrogens with zero attached hydrogens (tertiary/aromatic N) is 1. The van der Waals surface area contributed by atoms with Crippen molar-refractivity contribution < 1.29 is 9.53 Å². The lowest BCUT2D eigenvalue weighted by Gasteiger charge is -2.30. The molecule has 3 heteroatoms. The smallest absolute Gasteiger partial charge is 0.168 e. The average molecular weight is 237 g/mol. The fraction of sp³-hybridized carbons (Fsp3) is 0.714. The summed E-state index contributed by atoms with van der Waals surface area (Å²) in [6.07, 6.45) is 6.72. The topological polar surface area (TPSA) is 38.7 Å². The lowest BCUT2D eigenvalue weighted by Crippen LogP contribution is -2.26. The van der Waals surface area contributed by atoms with Gasteiger partial charge in [0.25, 0.3) is 0 Å². The van der Waals surface area contributed by atoms with E-state index in [9.17, 15) is 4.79 Å². The zero-order chi connectivity index (χ0) is 12.7. The van der Waals surface area contributed by atoms with Crippen molar-refractivity contribution in [2.75, 3.05) is 13.2 Å². The Labute approximate surface area is 104 Å². The predicted molar refractivity (Wildman–Crippen MR) is 70.2 cm³/mol. The summed E-state index contributed by atoms with van der Waals surface area (Å²) in [5.41, 5.74) is 0.510. The van der Waals surface area contributed by atoms with Crippen molar-refractivity contribution in [2.45, 2.75) is 33.6 Å². The Morgan fingerprint density at radius 3 is 2.53 bits per heavy atom. The molecule has 0 aromatic carbocycles. The van der Waals surface area contributed by atoms with Gasteiger partial charge in [-0.3, -0.25) is 9.79 Å². The van der Waals surface area contributed by atoms with Crippen LogP contribution in [0.3, 0.4) is 0 Å². The van der Waals surface area contributed by atoms with Crippen LogP contribution in [0.15, 0.2) is 16.8 Å². The molecule has 0 bridgehead atoms. The molecule has 17 heavy (non-hydrogen) atoms. The number of allylic oxidation sites excluding steroid dienone is 2. The lowest BCUT2D eigenvalue weighted by atomic mass is 9.80. The number of aldehydes is 1. The highest BCUT2D eigenvalue weighted by Crippen LogP contribution is 2.28. The first-order valence-electron chi connectivity index (χ1n) is 6.42. The standard InChI is InChI=1S/C14H23NO2/c1-4-14(10-16)15-9-11(2)12(3)13-5-7-17-8-6-13/h4,9-13H,5-8H2,1-3H3/b14-4-,15-9?. The molecule has 0 aliphatic carbocycles.